The molecule has 0 saturated heterocycles. The smallest absolute Gasteiger partial charge is 0.0323 e. The van der Waals surface area contributed by atoms with Crippen molar-refractivity contribution in [2.45, 2.75) is 39.7 Å². The molecule has 2 heteroatoms. The van der Waals surface area contributed by atoms with Gasteiger partial charge in [0.1, 0.15) is 0 Å². The highest BCUT2D eigenvalue weighted by Crippen LogP contribution is 2.24. The van der Waals surface area contributed by atoms with Gasteiger partial charge >= 0.3 is 0 Å². The Hall–Kier alpha value is -0.0900. The van der Waals surface area contributed by atoms with E-state index in [0.717, 1.165) is 12.5 Å². The summed E-state index contributed by atoms with van der Waals surface area (Å²) in [6.45, 7) is 7.81. The summed E-state index contributed by atoms with van der Waals surface area (Å²) in [6, 6.07) is 9.33. The molecule has 0 heterocycles. The van der Waals surface area contributed by atoms with Crippen molar-refractivity contribution in [1.82, 2.24) is 5.32 Å². The van der Waals surface area contributed by atoms with Crippen LogP contribution in [0.15, 0.2) is 24.3 Å². The molecule has 16 heavy (non-hydrogen) atoms. The fraction of sp³-hybridized carbons (Fsp3) is 0.571. The third-order valence-corrected chi connectivity index (χ3v) is 3.71. The molecule has 0 aliphatic heterocycles. The first-order valence-electron chi connectivity index (χ1n) is 6.16. The van der Waals surface area contributed by atoms with Crippen LogP contribution in [-0.2, 0) is 0 Å². The van der Waals surface area contributed by atoms with Gasteiger partial charge in [0.15, 0.2) is 0 Å². The van der Waals surface area contributed by atoms with E-state index >= 15 is 0 Å². The highest BCUT2D eigenvalue weighted by atomic mass is 127. The number of rotatable bonds is 6. The summed E-state index contributed by atoms with van der Waals surface area (Å²) in [6.07, 6.45) is 2.48. The second-order valence-corrected chi connectivity index (χ2v) is 5.66. The summed E-state index contributed by atoms with van der Waals surface area (Å²) < 4.78 is 1.32. The second kappa shape index (κ2) is 7.28. The zero-order chi connectivity index (χ0) is 12.0. The first-order valence-corrected chi connectivity index (χ1v) is 7.24. The van der Waals surface area contributed by atoms with Crippen molar-refractivity contribution < 1.29 is 0 Å². The molecule has 0 amide bonds. The summed E-state index contributed by atoms with van der Waals surface area (Å²) in [5.41, 5.74) is 1.43. The molecule has 90 valence electrons. The summed E-state index contributed by atoms with van der Waals surface area (Å²) in [5, 5.41) is 3.59. The number of benzene rings is 1. The van der Waals surface area contributed by atoms with Crippen molar-refractivity contribution in [3.63, 3.8) is 0 Å². The van der Waals surface area contributed by atoms with Crippen LogP contribution in [0.5, 0.6) is 0 Å². The number of halogens is 1. The lowest BCUT2D eigenvalue weighted by atomic mass is 9.94. The molecule has 0 aliphatic rings. The van der Waals surface area contributed by atoms with E-state index < -0.39 is 0 Å². The lowest BCUT2D eigenvalue weighted by Crippen LogP contribution is -2.22. The molecule has 2 atom stereocenters. The van der Waals surface area contributed by atoms with E-state index in [1.807, 2.05) is 0 Å². The Kier molecular flexibility index (Phi) is 6.36. The topological polar surface area (TPSA) is 12.0 Å². The van der Waals surface area contributed by atoms with Gasteiger partial charge < -0.3 is 5.32 Å². The fourth-order valence-electron chi connectivity index (χ4n) is 1.88. The number of hydrogen-bond acceptors (Lipinski definition) is 1. The quantitative estimate of drug-likeness (QED) is 0.763. The van der Waals surface area contributed by atoms with Crippen molar-refractivity contribution in [3.8, 4) is 0 Å². The molecule has 1 rings (SSSR count). The maximum absolute atomic E-state index is 3.59. The highest BCUT2D eigenvalue weighted by Gasteiger charge is 2.13. The Morgan fingerprint density at radius 1 is 1.31 bits per heavy atom. The Morgan fingerprint density at radius 3 is 2.62 bits per heavy atom. The summed E-state index contributed by atoms with van der Waals surface area (Å²) in [4.78, 5) is 0. The number of nitrogens with one attached hydrogen (secondary N) is 1. The molecule has 0 saturated carbocycles. The third kappa shape index (κ3) is 4.42. The van der Waals surface area contributed by atoms with Gasteiger partial charge in [-0.05, 0) is 59.2 Å². The van der Waals surface area contributed by atoms with E-state index in [0.29, 0.717) is 6.04 Å². The van der Waals surface area contributed by atoms with Crippen molar-refractivity contribution >= 4 is 22.6 Å². The van der Waals surface area contributed by atoms with Crippen LogP contribution in [0.3, 0.4) is 0 Å². The van der Waals surface area contributed by atoms with Gasteiger partial charge in [0, 0.05) is 9.61 Å². The Morgan fingerprint density at radius 2 is 2.06 bits per heavy atom. The van der Waals surface area contributed by atoms with E-state index in [2.05, 4.69) is 72.9 Å². The van der Waals surface area contributed by atoms with E-state index in [-0.39, 0.29) is 0 Å². The van der Waals surface area contributed by atoms with E-state index in [4.69, 9.17) is 0 Å². The standard InChI is InChI=1S/C14H22IN/c1-4-11(3)9-14(16-5-2)12-7-6-8-13(15)10-12/h6-8,10-11,14,16H,4-5,9H2,1-3H3. The molecule has 0 spiro atoms. The predicted octanol–water partition coefficient (Wildman–Crippen LogP) is 4.38. The molecule has 0 aliphatic carbocycles. The first-order chi connectivity index (χ1) is 7.67. The largest absolute Gasteiger partial charge is 0.310 e. The molecule has 0 fully saturated rings. The van der Waals surface area contributed by atoms with Gasteiger partial charge in [-0.3, -0.25) is 0 Å². The summed E-state index contributed by atoms with van der Waals surface area (Å²) in [7, 11) is 0. The van der Waals surface area contributed by atoms with Crippen LogP contribution in [0, 0.1) is 9.49 Å². The molecule has 1 aromatic rings. The summed E-state index contributed by atoms with van der Waals surface area (Å²) in [5.74, 6) is 0.780. The SMILES string of the molecule is CCNC(CC(C)CC)c1cccc(I)c1. The van der Waals surface area contributed by atoms with Crippen LogP contribution >= 0.6 is 22.6 Å². The van der Waals surface area contributed by atoms with E-state index in [1.54, 1.807) is 0 Å². The minimum absolute atomic E-state index is 0.509. The monoisotopic (exact) mass is 331 g/mol. The van der Waals surface area contributed by atoms with Crippen LogP contribution in [-0.4, -0.2) is 6.54 Å². The molecule has 0 bridgehead atoms. The maximum Gasteiger partial charge on any atom is 0.0323 e. The van der Waals surface area contributed by atoms with Crippen LogP contribution < -0.4 is 5.32 Å². The van der Waals surface area contributed by atoms with Crippen molar-refractivity contribution in [3.05, 3.63) is 33.4 Å². The lowest BCUT2D eigenvalue weighted by Gasteiger charge is -2.21. The molecule has 0 aromatic heterocycles. The maximum atomic E-state index is 3.59. The molecule has 0 radical (unpaired) electrons. The molecular weight excluding hydrogens is 309 g/mol. The van der Waals surface area contributed by atoms with Gasteiger partial charge in [0.25, 0.3) is 0 Å². The molecule has 1 nitrogen and oxygen atoms in total. The zero-order valence-electron chi connectivity index (χ0n) is 10.5. The average molecular weight is 331 g/mol. The average Bonchev–Trinajstić information content (AvgIpc) is 2.28. The van der Waals surface area contributed by atoms with E-state index in [1.165, 1.54) is 22.0 Å². The van der Waals surface area contributed by atoms with Crippen molar-refractivity contribution in [2.24, 2.45) is 5.92 Å². The minimum atomic E-state index is 0.509. The van der Waals surface area contributed by atoms with E-state index in [9.17, 15) is 0 Å². The Balaban J connectivity index is 2.76. The van der Waals surface area contributed by atoms with Gasteiger partial charge in [0.05, 0.1) is 0 Å². The van der Waals surface area contributed by atoms with Crippen LogP contribution in [0.4, 0.5) is 0 Å². The van der Waals surface area contributed by atoms with Gasteiger partial charge in [-0.25, -0.2) is 0 Å². The molecule has 1 aromatic carbocycles. The fourth-order valence-corrected chi connectivity index (χ4v) is 2.44. The Labute approximate surface area is 113 Å². The molecule has 2 unspecified atom stereocenters. The zero-order valence-corrected chi connectivity index (χ0v) is 12.6. The second-order valence-electron chi connectivity index (χ2n) is 4.41. The molecular formula is C14H22IN. The minimum Gasteiger partial charge on any atom is -0.310 e. The highest BCUT2D eigenvalue weighted by molar-refractivity contribution is 14.1. The molecule has 1 N–H and O–H groups in total. The number of hydrogen-bond donors (Lipinski definition) is 1. The van der Waals surface area contributed by atoms with Gasteiger partial charge in [-0.15, -0.1) is 0 Å². The van der Waals surface area contributed by atoms with Crippen molar-refractivity contribution in [1.29, 1.82) is 0 Å². The van der Waals surface area contributed by atoms with Crippen LogP contribution in [0.2, 0.25) is 0 Å². The van der Waals surface area contributed by atoms with Gasteiger partial charge in [-0.1, -0.05) is 39.3 Å². The van der Waals surface area contributed by atoms with Crippen LogP contribution in [0.1, 0.15) is 45.2 Å². The lowest BCUT2D eigenvalue weighted by molar-refractivity contribution is 0.408. The normalized spacial score (nSPS) is 14.8. The van der Waals surface area contributed by atoms with Gasteiger partial charge in [0.2, 0.25) is 0 Å². The van der Waals surface area contributed by atoms with Gasteiger partial charge in [-0.2, -0.15) is 0 Å². The first kappa shape index (κ1) is 14.0. The third-order valence-electron chi connectivity index (χ3n) is 3.04. The summed E-state index contributed by atoms with van der Waals surface area (Å²) >= 11 is 2.38. The Bertz CT molecular complexity index is 311. The van der Waals surface area contributed by atoms with Crippen molar-refractivity contribution in [2.75, 3.05) is 6.54 Å². The van der Waals surface area contributed by atoms with Crippen LogP contribution in [0.25, 0.3) is 0 Å². The predicted molar refractivity (Wildman–Crippen MR) is 79.6 cm³/mol.